The zero-order chi connectivity index (χ0) is 15.1. The Morgan fingerprint density at radius 1 is 1.48 bits per heavy atom. The molecule has 0 saturated carbocycles. The van der Waals surface area contributed by atoms with Crippen LogP contribution in [-0.4, -0.2) is 43.2 Å². The van der Waals surface area contributed by atoms with E-state index in [0.717, 1.165) is 50.7 Å². The van der Waals surface area contributed by atoms with Gasteiger partial charge in [0.05, 0.1) is 25.1 Å². The van der Waals surface area contributed by atoms with Gasteiger partial charge in [0.1, 0.15) is 5.82 Å². The largest absolute Gasteiger partial charge is 0.378 e. The zero-order valence-corrected chi connectivity index (χ0v) is 12.5. The SMILES string of the molecule is CC(N)CCCC(=O)Nc1ccc(N2CCOCC2)nc1. The van der Waals surface area contributed by atoms with Crippen LogP contribution in [0.5, 0.6) is 0 Å². The lowest BCUT2D eigenvalue weighted by molar-refractivity contribution is -0.116. The summed E-state index contributed by atoms with van der Waals surface area (Å²) in [6.45, 7) is 5.14. The summed E-state index contributed by atoms with van der Waals surface area (Å²) in [4.78, 5) is 18.4. The average Bonchev–Trinajstić information content (AvgIpc) is 2.48. The van der Waals surface area contributed by atoms with Gasteiger partial charge >= 0.3 is 0 Å². The van der Waals surface area contributed by atoms with Gasteiger partial charge in [-0.2, -0.15) is 0 Å². The summed E-state index contributed by atoms with van der Waals surface area (Å²) < 4.78 is 5.32. The molecule has 1 unspecified atom stereocenters. The van der Waals surface area contributed by atoms with Crippen molar-refractivity contribution < 1.29 is 9.53 Å². The van der Waals surface area contributed by atoms with Gasteiger partial charge in [-0.25, -0.2) is 4.98 Å². The first-order valence-electron chi connectivity index (χ1n) is 7.49. The Balaban J connectivity index is 1.80. The fourth-order valence-electron chi connectivity index (χ4n) is 2.25. The number of nitrogens with zero attached hydrogens (tertiary/aromatic N) is 2. The molecular weight excluding hydrogens is 268 g/mol. The summed E-state index contributed by atoms with van der Waals surface area (Å²) >= 11 is 0. The van der Waals surface area contributed by atoms with Crippen molar-refractivity contribution in [2.75, 3.05) is 36.5 Å². The smallest absolute Gasteiger partial charge is 0.224 e. The first-order chi connectivity index (χ1) is 10.1. The van der Waals surface area contributed by atoms with Crippen molar-refractivity contribution in [1.82, 2.24) is 4.98 Å². The Bertz CT molecular complexity index is 441. The van der Waals surface area contributed by atoms with Gasteiger partial charge in [-0.3, -0.25) is 4.79 Å². The Morgan fingerprint density at radius 3 is 2.86 bits per heavy atom. The number of nitrogens with one attached hydrogen (secondary N) is 1. The summed E-state index contributed by atoms with van der Waals surface area (Å²) in [6.07, 6.45) is 3.87. The lowest BCUT2D eigenvalue weighted by Gasteiger charge is -2.27. The normalized spacial score (nSPS) is 16.6. The number of pyridine rings is 1. The minimum atomic E-state index is 0.0107. The van der Waals surface area contributed by atoms with E-state index in [1.54, 1.807) is 6.20 Å². The molecule has 6 nitrogen and oxygen atoms in total. The van der Waals surface area contributed by atoms with E-state index in [-0.39, 0.29) is 11.9 Å². The van der Waals surface area contributed by atoms with Crippen LogP contribution in [0.4, 0.5) is 11.5 Å². The van der Waals surface area contributed by atoms with E-state index in [4.69, 9.17) is 10.5 Å². The molecule has 0 bridgehead atoms. The van der Waals surface area contributed by atoms with E-state index >= 15 is 0 Å². The quantitative estimate of drug-likeness (QED) is 0.828. The molecule has 116 valence electrons. The second kappa shape index (κ2) is 7.95. The predicted molar refractivity (Wildman–Crippen MR) is 83.4 cm³/mol. The standard InChI is InChI=1S/C15H24N4O2/c1-12(16)3-2-4-15(20)18-13-5-6-14(17-11-13)19-7-9-21-10-8-19/h5-6,11-12H,2-4,7-10,16H2,1H3,(H,18,20). The van der Waals surface area contributed by atoms with Crippen molar-refractivity contribution in [3.8, 4) is 0 Å². The molecule has 1 saturated heterocycles. The molecular formula is C15H24N4O2. The maximum Gasteiger partial charge on any atom is 0.224 e. The summed E-state index contributed by atoms with van der Waals surface area (Å²) in [5, 5.41) is 2.86. The third-order valence-corrected chi connectivity index (χ3v) is 3.43. The minimum Gasteiger partial charge on any atom is -0.378 e. The van der Waals surface area contributed by atoms with Gasteiger partial charge in [0.15, 0.2) is 0 Å². The van der Waals surface area contributed by atoms with Crippen LogP contribution in [0.25, 0.3) is 0 Å². The highest BCUT2D eigenvalue weighted by Gasteiger charge is 2.12. The Kier molecular flexibility index (Phi) is 5.95. The van der Waals surface area contributed by atoms with E-state index in [0.29, 0.717) is 6.42 Å². The Labute approximate surface area is 125 Å². The van der Waals surface area contributed by atoms with E-state index in [1.165, 1.54) is 0 Å². The van der Waals surface area contributed by atoms with Gasteiger partial charge in [-0.15, -0.1) is 0 Å². The molecule has 1 atom stereocenters. The maximum absolute atomic E-state index is 11.8. The third-order valence-electron chi connectivity index (χ3n) is 3.43. The molecule has 1 amide bonds. The molecule has 2 rings (SSSR count). The van der Waals surface area contributed by atoms with Gasteiger partial charge < -0.3 is 20.7 Å². The molecule has 2 heterocycles. The maximum atomic E-state index is 11.8. The van der Waals surface area contributed by atoms with E-state index < -0.39 is 0 Å². The molecule has 21 heavy (non-hydrogen) atoms. The van der Waals surface area contributed by atoms with Gasteiger partial charge in [0.25, 0.3) is 0 Å². The van der Waals surface area contributed by atoms with Crippen LogP contribution in [0.15, 0.2) is 18.3 Å². The number of anilines is 2. The predicted octanol–water partition coefficient (Wildman–Crippen LogP) is 1.37. The van der Waals surface area contributed by atoms with Crippen LogP contribution in [-0.2, 0) is 9.53 Å². The van der Waals surface area contributed by atoms with Crippen LogP contribution in [0.1, 0.15) is 26.2 Å². The monoisotopic (exact) mass is 292 g/mol. The zero-order valence-electron chi connectivity index (χ0n) is 12.5. The number of carbonyl (C=O) groups is 1. The molecule has 1 aliphatic rings. The fourth-order valence-corrected chi connectivity index (χ4v) is 2.25. The average molecular weight is 292 g/mol. The summed E-state index contributed by atoms with van der Waals surface area (Å²) in [6, 6.07) is 3.97. The van der Waals surface area contributed by atoms with Crippen LogP contribution in [0.3, 0.4) is 0 Å². The number of rotatable bonds is 6. The number of hydrogen-bond acceptors (Lipinski definition) is 5. The first-order valence-corrected chi connectivity index (χ1v) is 7.49. The molecule has 6 heteroatoms. The molecule has 1 aliphatic heterocycles. The topological polar surface area (TPSA) is 80.5 Å². The number of morpholine rings is 1. The van der Waals surface area contributed by atoms with E-state index in [2.05, 4.69) is 15.2 Å². The fraction of sp³-hybridized carbons (Fsp3) is 0.600. The van der Waals surface area contributed by atoms with Crippen LogP contribution in [0, 0.1) is 0 Å². The van der Waals surface area contributed by atoms with E-state index in [1.807, 2.05) is 19.1 Å². The number of aromatic nitrogens is 1. The summed E-state index contributed by atoms with van der Waals surface area (Å²) in [7, 11) is 0. The van der Waals surface area contributed by atoms with Crippen molar-refractivity contribution in [3.05, 3.63) is 18.3 Å². The summed E-state index contributed by atoms with van der Waals surface area (Å²) in [5.41, 5.74) is 6.40. The molecule has 1 fully saturated rings. The van der Waals surface area contributed by atoms with Crippen LogP contribution in [0.2, 0.25) is 0 Å². The summed E-state index contributed by atoms with van der Waals surface area (Å²) in [5.74, 6) is 0.935. The third kappa shape index (κ3) is 5.32. The Morgan fingerprint density at radius 2 is 2.24 bits per heavy atom. The van der Waals surface area contributed by atoms with Crippen LogP contribution < -0.4 is 16.0 Å². The second-order valence-corrected chi connectivity index (χ2v) is 5.42. The van der Waals surface area contributed by atoms with Gasteiger partial charge in [0.2, 0.25) is 5.91 Å². The van der Waals surface area contributed by atoms with Crippen molar-refractivity contribution in [3.63, 3.8) is 0 Å². The number of carbonyl (C=O) groups excluding carboxylic acids is 1. The van der Waals surface area contributed by atoms with Gasteiger partial charge in [-0.05, 0) is 31.9 Å². The highest BCUT2D eigenvalue weighted by molar-refractivity contribution is 5.90. The number of ether oxygens (including phenoxy) is 1. The Hall–Kier alpha value is -1.66. The highest BCUT2D eigenvalue weighted by Crippen LogP contribution is 2.15. The molecule has 0 aliphatic carbocycles. The molecule has 1 aromatic rings. The molecule has 1 aromatic heterocycles. The highest BCUT2D eigenvalue weighted by atomic mass is 16.5. The van der Waals surface area contributed by atoms with Crippen molar-refractivity contribution >= 4 is 17.4 Å². The first kappa shape index (κ1) is 15.7. The number of amides is 1. The van der Waals surface area contributed by atoms with Gasteiger partial charge in [-0.1, -0.05) is 0 Å². The molecule has 0 radical (unpaired) electrons. The van der Waals surface area contributed by atoms with Crippen molar-refractivity contribution in [1.29, 1.82) is 0 Å². The minimum absolute atomic E-state index is 0.0107. The second-order valence-electron chi connectivity index (χ2n) is 5.42. The lowest BCUT2D eigenvalue weighted by Crippen LogP contribution is -2.36. The van der Waals surface area contributed by atoms with E-state index in [9.17, 15) is 4.79 Å². The molecule has 0 aromatic carbocycles. The van der Waals surface area contributed by atoms with Crippen LogP contribution >= 0.6 is 0 Å². The molecule has 3 N–H and O–H groups in total. The number of hydrogen-bond donors (Lipinski definition) is 2. The van der Waals surface area contributed by atoms with Crippen molar-refractivity contribution in [2.24, 2.45) is 5.73 Å². The van der Waals surface area contributed by atoms with Gasteiger partial charge in [0, 0.05) is 25.6 Å². The number of nitrogens with two attached hydrogens (primary N) is 1. The van der Waals surface area contributed by atoms with Crippen molar-refractivity contribution in [2.45, 2.75) is 32.2 Å². The molecule has 0 spiro atoms. The lowest BCUT2D eigenvalue weighted by atomic mass is 10.1.